The normalized spacial score (nSPS) is 10.9. The molecule has 0 fully saturated rings. The molecule has 10 heteroatoms. The van der Waals surface area contributed by atoms with E-state index >= 15 is 0 Å². The highest BCUT2D eigenvalue weighted by molar-refractivity contribution is 7.92. The Labute approximate surface area is 159 Å². The van der Waals surface area contributed by atoms with Gasteiger partial charge in [-0.05, 0) is 18.2 Å². The zero-order chi connectivity index (χ0) is 20.3. The van der Waals surface area contributed by atoms with Gasteiger partial charge in [0, 0.05) is 6.07 Å². The van der Waals surface area contributed by atoms with Crippen molar-refractivity contribution < 1.29 is 22.4 Å². The minimum absolute atomic E-state index is 0.00617. The van der Waals surface area contributed by atoms with Gasteiger partial charge in [-0.3, -0.25) is 14.3 Å². The van der Waals surface area contributed by atoms with Crippen LogP contribution in [0.25, 0.3) is 11.0 Å². The van der Waals surface area contributed by atoms with E-state index in [-0.39, 0.29) is 34.5 Å². The Morgan fingerprint density at radius 3 is 2.54 bits per heavy atom. The van der Waals surface area contributed by atoms with Crippen LogP contribution >= 0.6 is 0 Å². The maximum Gasteiger partial charge on any atom is 0.231 e. The summed E-state index contributed by atoms with van der Waals surface area (Å²) in [5.74, 6) is 0.0347. The fourth-order valence-electron chi connectivity index (χ4n) is 2.47. The summed E-state index contributed by atoms with van der Waals surface area (Å²) in [5, 5.41) is 11.3. The highest BCUT2D eigenvalue weighted by atomic mass is 32.2. The number of benzene rings is 2. The van der Waals surface area contributed by atoms with Crippen LogP contribution in [-0.4, -0.2) is 21.1 Å². The second-order valence-electron chi connectivity index (χ2n) is 5.64. The average Bonchev–Trinajstić information content (AvgIpc) is 2.64. The van der Waals surface area contributed by atoms with E-state index in [9.17, 15) is 18.0 Å². The van der Waals surface area contributed by atoms with Crippen LogP contribution in [0.1, 0.15) is 5.76 Å². The number of amides is 1. The number of carbonyl (C=O) groups is 1. The summed E-state index contributed by atoms with van der Waals surface area (Å²) in [6.07, 6.45) is 1.21. The first kappa shape index (κ1) is 18.9. The third-order valence-electron chi connectivity index (χ3n) is 3.56. The van der Waals surface area contributed by atoms with E-state index in [1.807, 2.05) is 0 Å². The van der Waals surface area contributed by atoms with Crippen LogP contribution in [0.4, 0.5) is 11.4 Å². The van der Waals surface area contributed by atoms with Crippen LogP contribution in [0.3, 0.4) is 0 Å². The van der Waals surface area contributed by atoms with Crippen molar-refractivity contribution >= 4 is 38.8 Å². The molecule has 3 aromatic rings. The number of para-hydroxylation sites is 1. The lowest BCUT2D eigenvalue weighted by Gasteiger charge is -2.13. The highest BCUT2D eigenvalue weighted by Crippen LogP contribution is 2.34. The van der Waals surface area contributed by atoms with Crippen LogP contribution in [0.15, 0.2) is 51.7 Å². The van der Waals surface area contributed by atoms with Gasteiger partial charge < -0.3 is 14.5 Å². The monoisotopic (exact) mass is 399 g/mol. The zero-order valence-electron chi connectivity index (χ0n) is 14.4. The van der Waals surface area contributed by atoms with Gasteiger partial charge in [-0.15, -0.1) is 0 Å². The van der Waals surface area contributed by atoms with Crippen LogP contribution in [0, 0.1) is 11.3 Å². The quantitative estimate of drug-likeness (QED) is 0.607. The number of nitriles is 1. The molecule has 0 bridgehead atoms. The second kappa shape index (κ2) is 7.42. The van der Waals surface area contributed by atoms with E-state index in [2.05, 4.69) is 10.0 Å². The Balaban J connectivity index is 2.27. The molecule has 28 heavy (non-hydrogen) atoms. The van der Waals surface area contributed by atoms with Crippen molar-refractivity contribution in [3.63, 3.8) is 0 Å². The molecule has 0 saturated heterocycles. The van der Waals surface area contributed by atoms with Gasteiger partial charge in [0.2, 0.25) is 27.6 Å². The fraction of sp³-hybridized carbons (Fsp3) is 0.0556. The Morgan fingerprint density at radius 1 is 1.21 bits per heavy atom. The summed E-state index contributed by atoms with van der Waals surface area (Å²) in [7, 11) is -3.68. The lowest BCUT2D eigenvalue weighted by molar-refractivity contribution is -0.105. The molecule has 2 N–H and O–H groups in total. The number of anilines is 2. The SMILES string of the molecule is CS(=O)(=O)Nc1cc2oc(C#N)c(NC=O)c(=O)c2cc1Oc1ccccc1. The van der Waals surface area contributed by atoms with Crippen molar-refractivity contribution in [1.29, 1.82) is 5.26 Å². The maximum atomic E-state index is 12.7. The predicted octanol–water partition coefficient (Wildman–Crippen LogP) is 2.40. The molecule has 1 amide bonds. The number of ether oxygens (including phenoxy) is 1. The van der Waals surface area contributed by atoms with Gasteiger partial charge in [0.25, 0.3) is 0 Å². The molecule has 0 spiro atoms. The first-order chi connectivity index (χ1) is 13.3. The molecule has 1 heterocycles. The minimum Gasteiger partial charge on any atom is -0.455 e. The average molecular weight is 399 g/mol. The number of hydrogen-bond acceptors (Lipinski definition) is 7. The number of rotatable bonds is 6. The molecule has 0 radical (unpaired) electrons. The van der Waals surface area contributed by atoms with Crippen LogP contribution < -0.4 is 20.2 Å². The largest absolute Gasteiger partial charge is 0.455 e. The zero-order valence-corrected chi connectivity index (χ0v) is 15.2. The van der Waals surface area contributed by atoms with Crippen molar-refractivity contribution in [1.82, 2.24) is 0 Å². The van der Waals surface area contributed by atoms with Gasteiger partial charge in [0.05, 0.1) is 17.3 Å². The highest BCUT2D eigenvalue weighted by Gasteiger charge is 2.19. The van der Waals surface area contributed by atoms with Gasteiger partial charge in [0.1, 0.15) is 23.1 Å². The van der Waals surface area contributed by atoms with E-state index in [0.29, 0.717) is 5.75 Å². The molecule has 1 aromatic heterocycles. The predicted molar refractivity (Wildman–Crippen MR) is 102 cm³/mol. The first-order valence-corrected chi connectivity index (χ1v) is 9.67. The lowest BCUT2D eigenvalue weighted by Crippen LogP contribution is -2.14. The molecule has 0 saturated carbocycles. The number of hydrogen-bond donors (Lipinski definition) is 2. The molecule has 0 aliphatic carbocycles. The minimum atomic E-state index is -3.68. The van der Waals surface area contributed by atoms with Gasteiger partial charge in [0.15, 0.2) is 5.75 Å². The summed E-state index contributed by atoms with van der Waals surface area (Å²) >= 11 is 0. The second-order valence-corrected chi connectivity index (χ2v) is 7.39. The molecule has 2 aromatic carbocycles. The van der Waals surface area contributed by atoms with Crippen molar-refractivity contribution in [2.45, 2.75) is 0 Å². The van der Waals surface area contributed by atoms with E-state index in [1.165, 1.54) is 12.1 Å². The molecule has 3 rings (SSSR count). The fourth-order valence-corrected chi connectivity index (χ4v) is 3.03. The Hall–Kier alpha value is -3.84. The van der Waals surface area contributed by atoms with Gasteiger partial charge in [-0.2, -0.15) is 5.26 Å². The summed E-state index contributed by atoms with van der Waals surface area (Å²) < 4.78 is 36.8. The van der Waals surface area contributed by atoms with Crippen LogP contribution in [0.2, 0.25) is 0 Å². The molecule has 142 valence electrons. The van der Waals surface area contributed by atoms with E-state index < -0.39 is 21.2 Å². The Bertz CT molecular complexity index is 1260. The number of nitrogens with zero attached hydrogens (tertiary/aromatic N) is 1. The van der Waals surface area contributed by atoms with Gasteiger partial charge in [-0.25, -0.2) is 8.42 Å². The van der Waals surface area contributed by atoms with Crippen molar-refractivity contribution in [3.8, 4) is 17.6 Å². The summed E-state index contributed by atoms with van der Waals surface area (Å²) in [5.41, 5.74) is -1.03. The van der Waals surface area contributed by atoms with E-state index in [4.69, 9.17) is 14.4 Å². The standard InChI is InChI=1S/C18H13N3O6S/c1-28(24,25)21-13-8-14-12(7-15(13)26-11-5-3-2-4-6-11)18(23)17(20-10-22)16(9-19)27-14/h2-8,10,21H,1H3,(H,20,22). The summed E-state index contributed by atoms with van der Waals surface area (Å²) in [6, 6.07) is 12.7. The number of sulfonamides is 1. The maximum absolute atomic E-state index is 12.7. The van der Waals surface area contributed by atoms with Crippen LogP contribution in [0.5, 0.6) is 11.5 Å². The molecular weight excluding hydrogens is 386 g/mol. The Kier molecular flexibility index (Phi) is 5.02. The van der Waals surface area contributed by atoms with Gasteiger partial charge >= 0.3 is 0 Å². The molecule has 9 nitrogen and oxygen atoms in total. The smallest absolute Gasteiger partial charge is 0.231 e. The number of carbonyl (C=O) groups excluding carboxylic acids is 1. The van der Waals surface area contributed by atoms with Crippen molar-refractivity contribution in [2.75, 3.05) is 16.3 Å². The number of fused-ring (bicyclic) bond motifs is 1. The van der Waals surface area contributed by atoms with Gasteiger partial charge in [-0.1, -0.05) is 18.2 Å². The number of nitrogens with one attached hydrogen (secondary N) is 2. The Morgan fingerprint density at radius 2 is 1.93 bits per heavy atom. The summed E-state index contributed by atoms with van der Waals surface area (Å²) in [6.45, 7) is 0. The molecule has 0 unspecified atom stereocenters. The topological polar surface area (TPSA) is 138 Å². The van der Waals surface area contributed by atoms with Crippen LogP contribution in [-0.2, 0) is 14.8 Å². The summed E-state index contributed by atoms with van der Waals surface area (Å²) in [4.78, 5) is 23.4. The molecular formula is C18H13N3O6S. The molecule has 0 aliphatic heterocycles. The lowest BCUT2D eigenvalue weighted by atomic mass is 10.1. The third kappa shape index (κ3) is 3.94. The third-order valence-corrected chi connectivity index (χ3v) is 4.15. The first-order valence-electron chi connectivity index (χ1n) is 7.78. The van der Waals surface area contributed by atoms with E-state index in [0.717, 1.165) is 6.26 Å². The van der Waals surface area contributed by atoms with E-state index in [1.54, 1.807) is 36.4 Å². The van der Waals surface area contributed by atoms with Crippen molar-refractivity contribution in [3.05, 3.63) is 58.4 Å². The van der Waals surface area contributed by atoms with Crippen molar-refractivity contribution in [2.24, 2.45) is 0 Å². The molecule has 0 aliphatic rings. The molecule has 0 atom stereocenters.